The topological polar surface area (TPSA) is 57.6 Å². The molecule has 0 saturated heterocycles. The number of aliphatic hydroxyl groups excluding tert-OH is 1. The Morgan fingerprint density at radius 1 is 1.62 bits per heavy atom. The van der Waals surface area contributed by atoms with Crippen LogP contribution in [0, 0.1) is 19.3 Å². The third-order valence-corrected chi connectivity index (χ3v) is 5.59. The molecular formula is C10H13NO3S2. The van der Waals surface area contributed by atoms with Crippen LogP contribution >= 0.6 is 11.3 Å². The molecule has 0 fully saturated rings. The maximum atomic E-state index is 12.0. The lowest BCUT2D eigenvalue weighted by Gasteiger charge is -2.11. The van der Waals surface area contributed by atoms with Gasteiger partial charge in [-0.25, -0.2) is 8.42 Å². The molecule has 16 heavy (non-hydrogen) atoms. The molecule has 88 valence electrons. The molecule has 0 aliphatic carbocycles. The minimum atomic E-state index is -3.51. The van der Waals surface area contributed by atoms with Gasteiger partial charge in [-0.1, -0.05) is 5.92 Å². The normalized spacial score (nSPS) is 11.7. The molecule has 1 aromatic heterocycles. The van der Waals surface area contributed by atoms with Crippen LogP contribution in [-0.4, -0.2) is 31.4 Å². The second-order valence-corrected chi connectivity index (χ2v) is 6.70. The monoisotopic (exact) mass is 259 g/mol. The van der Waals surface area contributed by atoms with Crippen molar-refractivity contribution in [3.8, 4) is 12.3 Å². The van der Waals surface area contributed by atoms with E-state index in [0.29, 0.717) is 4.88 Å². The van der Waals surface area contributed by atoms with E-state index in [2.05, 4.69) is 5.92 Å². The molecule has 0 saturated carbocycles. The molecule has 0 unspecified atom stereocenters. The van der Waals surface area contributed by atoms with Crippen molar-refractivity contribution >= 4 is 21.4 Å². The molecular weight excluding hydrogens is 246 g/mol. The van der Waals surface area contributed by atoms with Crippen LogP contribution in [0.25, 0.3) is 0 Å². The first-order valence-electron chi connectivity index (χ1n) is 4.53. The molecule has 0 radical (unpaired) electrons. The number of aryl methyl sites for hydroxylation is 1. The summed E-state index contributed by atoms with van der Waals surface area (Å²) in [5.41, 5.74) is 0.778. The highest BCUT2D eigenvalue weighted by Crippen LogP contribution is 2.27. The summed E-state index contributed by atoms with van der Waals surface area (Å²) in [6.07, 6.45) is 5.07. The van der Waals surface area contributed by atoms with Crippen LogP contribution in [0.3, 0.4) is 0 Å². The highest BCUT2D eigenvalue weighted by molar-refractivity contribution is 7.91. The summed E-state index contributed by atoms with van der Waals surface area (Å²) < 4.78 is 25.3. The Hall–Kier alpha value is -0.870. The van der Waals surface area contributed by atoms with Crippen LogP contribution in [-0.2, 0) is 16.6 Å². The number of thiophene rings is 1. The summed E-state index contributed by atoms with van der Waals surface area (Å²) in [6.45, 7) is 1.65. The number of aliphatic hydroxyl groups is 1. The Kier molecular flexibility index (Phi) is 4.10. The number of hydrogen-bond donors (Lipinski definition) is 1. The lowest BCUT2D eigenvalue weighted by atomic mass is 10.3. The van der Waals surface area contributed by atoms with Crippen molar-refractivity contribution in [1.82, 2.24) is 4.31 Å². The minimum absolute atomic E-state index is 0.0355. The number of sulfonamides is 1. The van der Waals surface area contributed by atoms with Gasteiger partial charge in [0.15, 0.2) is 0 Å². The van der Waals surface area contributed by atoms with E-state index < -0.39 is 10.0 Å². The van der Waals surface area contributed by atoms with Crippen molar-refractivity contribution in [1.29, 1.82) is 0 Å². The molecule has 1 heterocycles. The van der Waals surface area contributed by atoms with Gasteiger partial charge in [0.25, 0.3) is 10.0 Å². The third-order valence-electron chi connectivity index (χ3n) is 2.12. The van der Waals surface area contributed by atoms with Gasteiger partial charge in [-0.15, -0.1) is 17.8 Å². The molecule has 1 rings (SSSR count). The summed E-state index contributed by atoms with van der Waals surface area (Å²) in [4.78, 5) is 0.660. The van der Waals surface area contributed by atoms with Crippen LogP contribution in [0.5, 0.6) is 0 Å². The zero-order valence-corrected chi connectivity index (χ0v) is 10.7. The van der Waals surface area contributed by atoms with Gasteiger partial charge < -0.3 is 5.11 Å². The van der Waals surface area contributed by atoms with Crippen molar-refractivity contribution in [3.63, 3.8) is 0 Å². The SMILES string of the molecule is C#CCN(C)S(=O)(=O)c1cc(C)c(CO)s1. The highest BCUT2D eigenvalue weighted by atomic mass is 32.2. The molecule has 1 aromatic rings. The van der Waals surface area contributed by atoms with Gasteiger partial charge in [0.05, 0.1) is 13.2 Å². The third kappa shape index (κ3) is 2.44. The molecule has 0 spiro atoms. The van der Waals surface area contributed by atoms with E-state index >= 15 is 0 Å². The zero-order chi connectivity index (χ0) is 12.3. The number of rotatable bonds is 4. The Morgan fingerprint density at radius 3 is 2.69 bits per heavy atom. The molecule has 0 atom stereocenters. The van der Waals surface area contributed by atoms with Crippen molar-refractivity contribution in [3.05, 3.63) is 16.5 Å². The Balaban J connectivity index is 3.13. The fourth-order valence-electron chi connectivity index (χ4n) is 1.14. The number of nitrogens with zero attached hydrogens (tertiary/aromatic N) is 1. The van der Waals surface area contributed by atoms with E-state index in [1.807, 2.05) is 0 Å². The van der Waals surface area contributed by atoms with Crippen molar-refractivity contribution in [2.24, 2.45) is 0 Å². The molecule has 0 aliphatic heterocycles. The minimum Gasteiger partial charge on any atom is -0.391 e. The van der Waals surface area contributed by atoms with Crippen molar-refractivity contribution in [2.75, 3.05) is 13.6 Å². The van der Waals surface area contributed by atoms with Crippen LogP contribution in [0.15, 0.2) is 10.3 Å². The summed E-state index contributed by atoms with van der Waals surface area (Å²) in [5, 5.41) is 9.01. The standard InChI is InChI=1S/C10H13NO3S2/c1-4-5-11(3)16(13,14)10-6-8(2)9(7-12)15-10/h1,6,12H,5,7H2,2-3H3. The average Bonchev–Trinajstić information content (AvgIpc) is 2.60. The van der Waals surface area contributed by atoms with E-state index in [1.54, 1.807) is 13.0 Å². The first-order valence-corrected chi connectivity index (χ1v) is 6.79. The fraction of sp³-hybridized carbons (Fsp3) is 0.400. The molecule has 0 bridgehead atoms. The van der Waals surface area contributed by atoms with Gasteiger partial charge in [-0.05, 0) is 18.6 Å². The number of terminal acetylenes is 1. The van der Waals surface area contributed by atoms with Gasteiger partial charge in [-0.3, -0.25) is 0 Å². The van der Waals surface area contributed by atoms with Crippen LogP contribution in [0.4, 0.5) is 0 Å². The predicted octanol–water partition coefficient (Wildman–Crippen LogP) is 0.803. The first-order chi connectivity index (χ1) is 7.43. The van der Waals surface area contributed by atoms with E-state index in [1.165, 1.54) is 7.05 Å². The quantitative estimate of drug-likeness (QED) is 0.814. The number of hydrogen-bond acceptors (Lipinski definition) is 4. The molecule has 4 nitrogen and oxygen atoms in total. The van der Waals surface area contributed by atoms with E-state index in [-0.39, 0.29) is 17.4 Å². The van der Waals surface area contributed by atoms with E-state index in [4.69, 9.17) is 11.5 Å². The molecule has 1 N–H and O–H groups in total. The predicted molar refractivity (Wildman–Crippen MR) is 63.6 cm³/mol. The maximum Gasteiger partial charge on any atom is 0.253 e. The van der Waals surface area contributed by atoms with Gasteiger partial charge in [-0.2, -0.15) is 4.31 Å². The van der Waals surface area contributed by atoms with E-state index in [0.717, 1.165) is 21.2 Å². The van der Waals surface area contributed by atoms with Gasteiger partial charge in [0.1, 0.15) is 4.21 Å². The smallest absolute Gasteiger partial charge is 0.253 e. The summed E-state index contributed by atoms with van der Waals surface area (Å²) >= 11 is 1.07. The molecule has 0 aliphatic rings. The lowest BCUT2D eigenvalue weighted by molar-refractivity contribution is 0.285. The van der Waals surface area contributed by atoms with Crippen molar-refractivity contribution in [2.45, 2.75) is 17.7 Å². The second-order valence-electron chi connectivity index (χ2n) is 3.29. The molecule has 0 aromatic carbocycles. The summed E-state index contributed by atoms with van der Waals surface area (Å²) in [5.74, 6) is 2.28. The molecule has 6 heteroatoms. The molecule has 0 amide bonds. The van der Waals surface area contributed by atoms with Gasteiger partial charge >= 0.3 is 0 Å². The zero-order valence-electron chi connectivity index (χ0n) is 9.10. The largest absolute Gasteiger partial charge is 0.391 e. The lowest BCUT2D eigenvalue weighted by Crippen LogP contribution is -2.26. The van der Waals surface area contributed by atoms with Crippen LogP contribution in [0.1, 0.15) is 10.4 Å². The van der Waals surface area contributed by atoms with Gasteiger partial charge in [0.2, 0.25) is 0 Å². The van der Waals surface area contributed by atoms with E-state index in [9.17, 15) is 8.42 Å². The average molecular weight is 259 g/mol. The summed E-state index contributed by atoms with van der Waals surface area (Å²) in [7, 11) is -2.08. The Morgan fingerprint density at radius 2 is 2.25 bits per heavy atom. The maximum absolute atomic E-state index is 12.0. The summed E-state index contributed by atoms with van der Waals surface area (Å²) in [6, 6.07) is 1.55. The highest BCUT2D eigenvalue weighted by Gasteiger charge is 2.23. The second kappa shape index (κ2) is 4.97. The first kappa shape index (κ1) is 13.2. The van der Waals surface area contributed by atoms with Crippen LogP contribution in [0.2, 0.25) is 0 Å². The van der Waals surface area contributed by atoms with Crippen molar-refractivity contribution < 1.29 is 13.5 Å². The van der Waals surface area contributed by atoms with Crippen LogP contribution < -0.4 is 0 Å². The van der Waals surface area contributed by atoms with Gasteiger partial charge in [0, 0.05) is 11.9 Å². The Labute approximate surface area is 99.6 Å². The Bertz CT molecular complexity index is 511. The fourth-order valence-corrected chi connectivity index (χ4v) is 3.89.